The summed E-state index contributed by atoms with van der Waals surface area (Å²) in [5.41, 5.74) is 0. The maximum absolute atomic E-state index is 8.75. The van der Waals surface area contributed by atoms with Crippen LogP contribution in [0.3, 0.4) is 0 Å². The fraction of sp³-hybridized carbons (Fsp3) is 0. The van der Waals surface area contributed by atoms with Crippen LogP contribution in [-0.2, 0) is 0 Å². The standard InChI is InChI=1S/FH.2H2NP.HNP/c;3*1-2/h1H;2*1-2H;2H/q;;;-1/p+1/i/hT. The third kappa shape index (κ3) is 2110. The zero-order chi connectivity index (χ0) is 8.00. The van der Waals surface area contributed by atoms with Crippen LogP contribution in [0, 0.1) is 10.3 Å². The molecule has 7 heavy (non-hydrogen) atoms. The summed E-state index contributed by atoms with van der Waals surface area (Å²) in [7, 11) is 5.86. The number of halogens is 1. The van der Waals surface area contributed by atoms with Gasteiger partial charge in [-0.15, -0.1) is 5.16 Å². The molecule has 1 unspecified atom stereocenters. The van der Waals surface area contributed by atoms with Gasteiger partial charge in [0.05, 0.1) is 0 Å². The first kappa shape index (κ1) is 15.7. The monoisotopic (exact) mass is 163 g/mol. The van der Waals surface area contributed by atoms with Gasteiger partial charge in [0.25, 0.3) is 1.45 Å². The van der Waals surface area contributed by atoms with Gasteiger partial charge in [0.1, 0.15) is 0 Å². The lowest BCUT2D eigenvalue weighted by atomic mass is 14.0. The second-order valence-electron chi connectivity index (χ2n) is 0. The molecule has 0 spiro atoms. The molecule has 2 N–H and O–H groups in total. The zero-order valence-electron chi connectivity index (χ0n) is 4.40. The van der Waals surface area contributed by atoms with E-state index in [-0.39, 0.29) is 0 Å². The van der Waals surface area contributed by atoms with E-state index in [1.54, 1.807) is 9.03 Å². The van der Waals surface area contributed by atoms with Gasteiger partial charge in [0, 0.05) is 0 Å². The lowest BCUT2D eigenvalue weighted by Crippen LogP contribution is -0.334. The van der Waals surface area contributed by atoms with E-state index in [1.165, 1.54) is 0 Å². The average Bonchev–Trinajstić information content (AvgIpc) is 2.03. The highest BCUT2D eigenvalue weighted by Gasteiger charge is 0.741. The van der Waals surface area contributed by atoms with Gasteiger partial charge in [-0.1, -0.05) is 0 Å². The topological polar surface area (TPSA) is 70.0 Å². The van der Waals surface area contributed by atoms with Gasteiger partial charge in [-0.25, -0.2) is 0 Å². The van der Waals surface area contributed by atoms with Crippen LogP contribution in [0.2, 0.25) is 0 Å². The van der Waals surface area contributed by atoms with Gasteiger partial charge in [0.15, 0.2) is 9.03 Å². The molecule has 3 nitrogen and oxygen atoms in total. The second-order valence-corrected chi connectivity index (χ2v) is 0. The molecular formula is H7FN3P3. The minimum atomic E-state index is 1.67. The van der Waals surface area contributed by atoms with Crippen molar-refractivity contribution in [1.82, 2.24) is 0 Å². The van der Waals surface area contributed by atoms with Crippen LogP contribution in [0.4, 0.5) is 4.72 Å². The van der Waals surface area contributed by atoms with Crippen molar-refractivity contribution in [1.29, 1.82) is 11.8 Å². The Balaban J connectivity index is -0.0000000133. The first-order valence-corrected chi connectivity index (χ1v) is 2.29. The Bertz CT molecular complexity index is 19.2. The Morgan fingerprint density at radius 1 is 1.43 bits per heavy atom. The van der Waals surface area contributed by atoms with E-state index in [4.69, 9.17) is 20.2 Å². The molecule has 0 saturated carbocycles. The molecule has 0 bridgehead atoms. The summed E-state index contributed by atoms with van der Waals surface area (Å²) in [6.45, 7) is 0. The van der Waals surface area contributed by atoms with Crippen LogP contribution < -0.4 is 0 Å². The highest BCUT2D eigenvalue weighted by atomic mass is 31.0. The van der Waals surface area contributed by atoms with E-state index < -0.39 is 0 Å². The molecule has 0 fully saturated rings. The number of hydrogen-bond donors (Lipinski definition) is 2. The van der Waals surface area contributed by atoms with Gasteiger partial charge in [-0.05, 0) is 9.03 Å². The lowest BCUT2D eigenvalue weighted by Gasteiger charge is -1.28. The van der Waals surface area contributed by atoms with Crippen molar-refractivity contribution >= 4 is 27.1 Å². The third-order valence-electron chi connectivity index (χ3n) is 0. The number of rotatable bonds is 0. The predicted molar refractivity (Wildman–Crippen MR) is 37.6 cm³/mol. The second kappa shape index (κ2) is 3220. The number of nitrogens with one attached hydrogen (secondary N) is 2. The molecule has 0 amide bonds. The molecule has 0 heterocycles. The highest BCUT2D eigenvalue weighted by Crippen LogP contribution is 1.34. The summed E-state index contributed by atoms with van der Waals surface area (Å²) in [4.78, 5) is 0. The maximum atomic E-state index is 8.75. The van der Waals surface area contributed by atoms with Gasteiger partial charge in [-0.2, -0.15) is 0 Å². The summed E-state index contributed by atoms with van der Waals surface area (Å²) < 4.78 is 13.0. The summed E-state index contributed by atoms with van der Waals surface area (Å²) in [5.74, 6) is 0. The Morgan fingerprint density at radius 2 is 1.43 bits per heavy atom. The van der Waals surface area contributed by atoms with E-state index in [1.807, 2.05) is 9.03 Å². The van der Waals surface area contributed by atoms with E-state index in [0.717, 1.165) is 0 Å². The Morgan fingerprint density at radius 3 is 1.43 bits per heavy atom. The first-order chi connectivity index (χ1) is 4.00. The molecule has 0 aliphatic rings. The number of hydrogen-bond acceptors (Lipinski definition) is 2. The van der Waals surface area contributed by atoms with Crippen molar-refractivity contribution < 1.29 is 4.72 Å². The summed E-state index contributed by atoms with van der Waals surface area (Å²) in [5, 5.41) is 18.0. The molecule has 44 valence electrons. The van der Waals surface area contributed by atoms with Crippen LogP contribution in [0.25, 0.3) is 5.16 Å². The predicted octanol–water partition coefficient (Wildman–Crippen LogP) is 2.55. The maximum Gasteiger partial charge on any atom is 0.269 e. The van der Waals surface area contributed by atoms with Gasteiger partial charge in [0.2, 0.25) is 0 Å². The van der Waals surface area contributed by atoms with Crippen LogP contribution in [-0.4, -0.2) is 1.45 Å². The molecule has 0 rings (SSSR count). The van der Waals surface area contributed by atoms with Gasteiger partial charge in [-0.3, -0.25) is 18.9 Å². The highest BCUT2D eigenvalue weighted by molar-refractivity contribution is 7.06. The van der Waals surface area contributed by atoms with Gasteiger partial charge >= 0.3 is 0 Å². The van der Waals surface area contributed by atoms with Crippen molar-refractivity contribution in [3.63, 3.8) is 0 Å². The fourth-order valence-corrected chi connectivity index (χ4v) is 0. The third-order valence-corrected chi connectivity index (χ3v) is 0. The molecule has 0 aromatic rings. The molecule has 0 aromatic heterocycles. The molecule has 0 radical (unpaired) electrons. The zero-order valence-corrected chi connectivity index (χ0v) is 6.56. The van der Waals surface area contributed by atoms with Crippen LogP contribution in [0.5, 0.6) is 0 Å². The first-order valence-electron chi connectivity index (χ1n) is 1.14. The molecular weight excluding hydrogens is 154 g/mol. The molecule has 0 aliphatic heterocycles. The van der Waals surface area contributed by atoms with E-state index in [2.05, 4.69) is 10.5 Å². The minimum absolute atomic E-state index is 1.67. The Labute approximate surface area is 49.7 Å². The van der Waals surface area contributed by atoms with Crippen molar-refractivity contribution in [2.24, 2.45) is 0 Å². The van der Waals surface area contributed by atoms with Crippen molar-refractivity contribution in [3.05, 3.63) is 5.16 Å². The quantitative estimate of drug-likeness (QED) is 0.515. The van der Waals surface area contributed by atoms with Crippen molar-refractivity contribution in [2.75, 3.05) is 0 Å². The normalized spacial score (nSPS) is 2.71. The summed E-state index contributed by atoms with van der Waals surface area (Å²) >= 11 is 0. The molecule has 0 aromatic carbocycles. The van der Waals surface area contributed by atoms with E-state index in [9.17, 15) is 0 Å². The van der Waals surface area contributed by atoms with Crippen molar-refractivity contribution in [2.45, 2.75) is 0 Å². The molecule has 7 heteroatoms. The Kier molecular flexibility index (Phi) is 7220. The van der Waals surface area contributed by atoms with Gasteiger partial charge < -0.3 is 5.16 Å². The van der Waals surface area contributed by atoms with E-state index >= 15 is 0 Å². The SMILES string of the molecule is N=P.N=[PH2+].[3H]F.[N-]=P. The fourth-order valence-electron chi connectivity index (χ4n) is 0. The molecule has 0 aliphatic carbocycles. The average molecular weight is 163 g/mol. The van der Waals surface area contributed by atoms with E-state index in [0.29, 0.717) is 0 Å². The smallest absolute Gasteiger partial charge is 0.269 e. The lowest BCUT2D eigenvalue weighted by molar-refractivity contribution is 1.11. The van der Waals surface area contributed by atoms with Crippen LogP contribution >= 0.6 is 27.1 Å². The summed E-state index contributed by atoms with van der Waals surface area (Å²) in [6, 6.07) is 0. The minimum Gasteiger partial charge on any atom is -0.786 e. The Hall–Kier alpha value is 0.230. The largest absolute Gasteiger partial charge is 0.786 e. The summed E-state index contributed by atoms with van der Waals surface area (Å²) in [6.07, 6.45) is 0. The van der Waals surface area contributed by atoms with Crippen molar-refractivity contribution in [3.8, 4) is 0 Å². The molecule has 0 saturated heterocycles. The number of nitrogens with zero attached hydrogens (tertiary/aromatic N) is 1. The van der Waals surface area contributed by atoms with Crippen LogP contribution in [0.1, 0.15) is 0 Å². The molecule has 1 atom stereocenters. The van der Waals surface area contributed by atoms with Crippen LogP contribution in [0.15, 0.2) is 0 Å².